The molecule has 0 aromatic heterocycles. The molecule has 0 aromatic carbocycles. The molecule has 9 heavy (non-hydrogen) atoms. The number of rotatable bonds is 2. The Hall–Kier alpha value is -0.380. The van der Waals surface area contributed by atoms with E-state index >= 15 is 0 Å². The molecule has 56 valence electrons. The molecular weight excluding hydrogens is 118 g/mol. The minimum atomic E-state index is -0.560. The summed E-state index contributed by atoms with van der Waals surface area (Å²) >= 11 is 0. The molecule has 4 N–H and O–H groups in total. The SMILES string of the molecule is C=CCN.CC(O)CO. The van der Waals surface area contributed by atoms with E-state index in [2.05, 4.69) is 6.58 Å². The van der Waals surface area contributed by atoms with Gasteiger partial charge in [0.2, 0.25) is 0 Å². The van der Waals surface area contributed by atoms with Crippen molar-refractivity contribution in [3.63, 3.8) is 0 Å². The third-order valence-electron chi connectivity index (χ3n) is 0.431. The summed E-state index contributed by atoms with van der Waals surface area (Å²) in [5, 5.41) is 16.0. The number of aliphatic hydroxyl groups is 2. The maximum atomic E-state index is 8.11. The van der Waals surface area contributed by atoms with Gasteiger partial charge in [-0.1, -0.05) is 6.08 Å². The lowest BCUT2D eigenvalue weighted by Gasteiger charge is -1.90. The summed E-state index contributed by atoms with van der Waals surface area (Å²) in [6, 6.07) is 0. The van der Waals surface area contributed by atoms with E-state index in [4.69, 9.17) is 15.9 Å². The molecule has 3 heteroatoms. The number of aliphatic hydroxyl groups excluding tert-OH is 2. The van der Waals surface area contributed by atoms with Gasteiger partial charge in [0.15, 0.2) is 0 Å². The van der Waals surface area contributed by atoms with Crippen molar-refractivity contribution in [2.75, 3.05) is 13.2 Å². The third kappa shape index (κ3) is 35.1. The van der Waals surface area contributed by atoms with E-state index < -0.39 is 6.10 Å². The molecule has 0 saturated carbocycles. The van der Waals surface area contributed by atoms with Crippen LogP contribution in [0, 0.1) is 0 Å². The molecule has 0 fully saturated rings. The van der Waals surface area contributed by atoms with Crippen LogP contribution < -0.4 is 5.73 Å². The van der Waals surface area contributed by atoms with E-state index in [0.29, 0.717) is 6.54 Å². The second-order valence-electron chi connectivity index (χ2n) is 1.56. The lowest BCUT2D eigenvalue weighted by Crippen LogP contribution is -2.03. The number of hydrogen-bond donors (Lipinski definition) is 3. The molecule has 0 radical (unpaired) electrons. The van der Waals surface area contributed by atoms with Crippen LogP contribution in [0.5, 0.6) is 0 Å². The van der Waals surface area contributed by atoms with Crippen LogP contribution in [0.15, 0.2) is 12.7 Å². The highest BCUT2D eigenvalue weighted by molar-refractivity contribution is 4.64. The first-order valence-electron chi connectivity index (χ1n) is 2.78. The number of hydrogen-bond acceptors (Lipinski definition) is 3. The highest BCUT2D eigenvalue weighted by atomic mass is 16.3. The van der Waals surface area contributed by atoms with Gasteiger partial charge >= 0.3 is 0 Å². The average Bonchev–Trinajstić information content (AvgIpc) is 1.89. The lowest BCUT2D eigenvalue weighted by molar-refractivity contribution is 0.110. The smallest absolute Gasteiger partial charge is 0.0742 e. The first-order valence-corrected chi connectivity index (χ1v) is 2.78. The molecule has 0 aliphatic carbocycles. The Morgan fingerprint density at radius 1 is 1.78 bits per heavy atom. The topological polar surface area (TPSA) is 66.5 Å². The Morgan fingerprint density at radius 3 is 2.00 bits per heavy atom. The largest absolute Gasteiger partial charge is 0.394 e. The van der Waals surface area contributed by atoms with Gasteiger partial charge in [0, 0.05) is 6.54 Å². The minimum Gasteiger partial charge on any atom is -0.394 e. The van der Waals surface area contributed by atoms with Crippen LogP contribution in [0.4, 0.5) is 0 Å². The summed E-state index contributed by atoms with van der Waals surface area (Å²) < 4.78 is 0. The van der Waals surface area contributed by atoms with Crippen LogP contribution in [0.1, 0.15) is 6.92 Å². The standard InChI is InChI=1S/C3H7N.C3H8O2/c1-2-3-4;1-3(5)2-4/h2H,1,3-4H2;3-5H,2H2,1H3. The lowest BCUT2D eigenvalue weighted by atomic mass is 10.5. The normalized spacial score (nSPS) is 11.1. The van der Waals surface area contributed by atoms with Crippen molar-refractivity contribution in [1.82, 2.24) is 0 Å². The van der Waals surface area contributed by atoms with Crippen molar-refractivity contribution < 1.29 is 10.2 Å². The van der Waals surface area contributed by atoms with Gasteiger partial charge in [-0.05, 0) is 6.92 Å². The van der Waals surface area contributed by atoms with Crippen molar-refractivity contribution in [2.45, 2.75) is 13.0 Å². The van der Waals surface area contributed by atoms with Gasteiger partial charge in [0.25, 0.3) is 0 Å². The summed E-state index contributed by atoms with van der Waals surface area (Å²) in [5.41, 5.74) is 4.91. The Balaban J connectivity index is 0. The fourth-order valence-electron chi connectivity index (χ4n) is 0. The molecule has 0 aliphatic heterocycles. The molecule has 0 heterocycles. The Bertz CT molecular complexity index is 55.0. The molecule has 0 bridgehead atoms. The zero-order chi connectivity index (χ0) is 7.70. The van der Waals surface area contributed by atoms with Crippen molar-refractivity contribution in [3.05, 3.63) is 12.7 Å². The van der Waals surface area contributed by atoms with Gasteiger partial charge in [-0.3, -0.25) is 0 Å². The molecule has 0 rings (SSSR count). The van der Waals surface area contributed by atoms with Gasteiger partial charge in [0.1, 0.15) is 0 Å². The van der Waals surface area contributed by atoms with E-state index in [1.165, 1.54) is 6.92 Å². The van der Waals surface area contributed by atoms with Crippen LogP contribution in [0.25, 0.3) is 0 Å². The van der Waals surface area contributed by atoms with E-state index in [1.54, 1.807) is 6.08 Å². The highest BCUT2D eigenvalue weighted by Gasteiger charge is 1.83. The second kappa shape index (κ2) is 10.6. The van der Waals surface area contributed by atoms with Crippen LogP contribution in [0.3, 0.4) is 0 Å². The van der Waals surface area contributed by atoms with E-state index in [0.717, 1.165) is 0 Å². The van der Waals surface area contributed by atoms with E-state index in [9.17, 15) is 0 Å². The average molecular weight is 133 g/mol. The van der Waals surface area contributed by atoms with Gasteiger partial charge in [-0.15, -0.1) is 6.58 Å². The zero-order valence-corrected chi connectivity index (χ0v) is 5.75. The predicted octanol–water partition coefficient (Wildman–Crippen LogP) is -0.509. The summed E-state index contributed by atoms with van der Waals surface area (Å²) in [6.45, 7) is 5.33. The fraction of sp³-hybridized carbons (Fsp3) is 0.667. The van der Waals surface area contributed by atoms with Crippen LogP contribution in [-0.4, -0.2) is 29.5 Å². The summed E-state index contributed by atoms with van der Waals surface area (Å²) in [5.74, 6) is 0. The van der Waals surface area contributed by atoms with Crippen LogP contribution >= 0.6 is 0 Å². The fourth-order valence-corrected chi connectivity index (χ4v) is 0. The molecule has 1 unspecified atom stereocenters. The molecule has 0 aromatic rings. The van der Waals surface area contributed by atoms with Crippen LogP contribution in [-0.2, 0) is 0 Å². The van der Waals surface area contributed by atoms with Crippen molar-refractivity contribution in [2.24, 2.45) is 5.73 Å². The van der Waals surface area contributed by atoms with Gasteiger partial charge < -0.3 is 15.9 Å². The molecule has 3 nitrogen and oxygen atoms in total. The zero-order valence-electron chi connectivity index (χ0n) is 5.75. The molecule has 0 aliphatic rings. The third-order valence-corrected chi connectivity index (χ3v) is 0.431. The Labute approximate surface area is 55.8 Å². The monoisotopic (exact) mass is 133 g/mol. The van der Waals surface area contributed by atoms with Crippen molar-refractivity contribution >= 4 is 0 Å². The van der Waals surface area contributed by atoms with Crippen molar-refractivity contribution in [3.8, 4) is 0 Å². The maximum Gasteiger partial charge on any atom is 0.0742 e. The maximum absolute atomic E-state index is 8.11. The molecule has 0 amide bonds. The molecule has 0 saturated heterocycles. The van der Waals surface area contributed by atoms with Gasteiger partial charge in [0.05, 0.1) is 12.7 Å². The minimum absolute atomic E-state index is 0.139. The Morgan fingerprint density at radius 2 is 2.00 bits per heavy atom. The molecular formula is C6H15NO2. The summed E-state index contributed by atoms with van der Waals surface area (Å²) in [4.78, 5) is 0. The van der Waals surface area contributed by atoms with Gasteiger partial charge in [-0.2, -0.15) is 0 Å². The first-order chi connectivity index (χ1) is 4.18. The predicted molar refractivity (Wildman–Crippen MR) is 38.0 cm³/mol. The Kier molecular flexibility index (Phi) is 13.4. The molecule has 0 spiro atoms. The van der Waals surface area contributed by atoms with E-state index in [-0.39, 0.29) is 6.61 Å². The van der Waals surface area contributed by atoms with Crippen LogP contribution in [0.2, 0.25) is 0 Å². The first kappa shape index (κ1) is 11.4. The number of nitrogens with two attached hydrogens (primary N) is 1. The molecule has 1 atom stereocenters. The highest BCUT2D eigenvalue weighted by Crippen LogP contribution is 1.68. The van der Waals surface area contributed by atoms with E-state index in [1.807, 2.05) is 0 Å². The summed E-state index contributed by atoms with van der Waals surface area (Å²) in [7, 11) is 0. The quantitative estimate of drug-likeness (QED) is 0.444. The van der Waals surface area contributed by atoms with Crippen molar-refractivity contribution in [1.29, 1.82) is 0 Å². The van der Waals surface area contributed by atoms with Gasteiger partial charge in [-0.25, -0.2) is 0 Å². The second-order valence-corrected chi connectivity index (χ2v) is 1.56. The summed E-state index contributed by atoms with van der Waals surface area (Å²) in [6.07, 6.45) is 1.09.